The molecule has 0 atom stereocenters. The third-order valence-corrected chi connectivity index (χ3v) is 22.2. The van der Waals surface area contributed by atoms with Crippen LogP contribution in [0.2, 0.25) is 40.2 Å². The third kappa shape index (κ3) is 28.0. The molecule has 6 N–H and O–H groups in total. The number of benzene rings is 4. The van der Waals surface area contributed by atoms with Gasteiger partial charge in [0.1, 0.15) is 12.0 Å². The Bertz CT molecular complexity index is 4700. The first-order valence-corrected chi connectivity index (χ1v) is 40.3. The number of allylic oxidation sites excluding steroid dienone is 1. The van der Waals surface area contributed by atoms with Crippen molar-refractivity contribution in [1.29, 1.82) is 0 Å². The number of carbonyl (C=O) groups excluding carboxylic acids is 5. The molecule has 107 heavy (non-hydrogen) atoms. The van der Waals surface area contributed by atoms with E-state index in [9.17, 15) is 24.0 Å². The summed E-state index contributed by atoms with van der Waals surface area (Å²) in [7, 11) is 5.08. The highest BCUT2D eigenvalue weighted by Gasteiger charge is 2.18. The monoisotopic (exact) mass is 1710 g/mol. The first-order chi connectivity index (χ1) is 51.6. The van der Waals surface area contributed by atoms with Crippen molar-refractivity contribution in [2.45, 2.75) is 36.0 Å². The third-order valence-electron chi connectivity index (χ3n) is 14.3. The zero-order valence-corrected chi connectivity index (χ0v) is 68.1. The fourth-order valence-corrected chi connectivity index (χ4v) is 15.3. The van der Waals surface area contributed by atoms with Gasteiger partial charge in [-0.25, -0.2) is 34.8 Å². The van der Waals surface area contributed by atoms with Crippen LogP contribution in [-0.2, 0) is 34.9 Å². The number of nitrogens with one attached hydrogen (secondary N) is 5. The van der Waals surface area contributed by atoms with Crippen LogP contribution in [0.4, 0.5) is 5.95 Å². The number of halogens is 8. The van der Waals surface area contributed by atoms with E-state index in [-0.39, 0.29) is 36.0 Å². The molecule has 0 bridgehead atoms. The number of amides is 4. The lowest BCUT2D eigenvalue weighted by atomic mass is 10.1. The number of hydrogen-bond donors (Lipinski definition) is 6. The second-order valence-corrected chi connectivity index (χ2v) is 31.3. The Hall–Kier alpha value is -7.29. The fraction of sp³-hybridized carbons (Fsp3) is 0.192. The molecule has 0 fully saturated rings. The molecule has 4 aromatic carbocycles. The van der Waals surface area contributed by atoms with E-state index >= 15 is 0 Å². The van der Waals surface area contributed by atoms with E-state index in [1.807, 2.05) is 74.9 Å². The van der Waals surface area contributed by atoms with Gasteiger partial charge in [0.2, 0.25) is 11.1 Å². The molecule has 0 unspecified atom stereocenters. The standard InChI is InChI=1S/C19H18Cl2N4O2S.C18H15Cl2N3O3S2.C18H15Cl2N3OS2.C18H18Cl2N2O2S/c20-13-2-1-12(14(21)11-13)5-7-22-18(27)17-4-3-16(28-17)15-6-8-23-19(25-15)24-9-10-26;1-25-26-28-18-22-9-7-14(23-18)15-4-5-16(27-15)17(24)21-8-6-11-2-3-12(19)10-13(11)20;1-25-18-22-9-7-14(23-18)15-4-5-16(26-15)17(24)21-8-6-11-2-3-12(19)10-13(11)20;1-22(2)10-8-15(23)16-5-6-17(25-16)18(24)21-9-7-12-3-4-13(19)11-14(12)20/h1-4,6,8,11,26H,5,7,9-10H2,(H,22,27)(H,23,24,25);2-5,7,9-10H,6,8H2,1H3,(H,21,24);2-5,7,9-10H,6,8H2,1H3,(H,21,24);3-6,8,10-11H,7,9H2,1-2H3,(H,21,24). The Balaban J connectivity index is 0.000000180. The molecule has 558 valence electrons. The average Bonchev–Trinajstić information content (AvgIpc) is 1.72. The minimum atomic E-state index is -0.203. The van der Waals surface area contributed by atoms with Crippen LogP contribution in [0.15, 0.2) is 181 Å². The maximum Gasteiger partial charge on any atom is 0.261 e. The summed E-state index contributed by atoms with van der Waals surface area (Å²) in [4.78, 5) is 98.7. The molecule has 34 heteroatoms. The molecule has 0 saturated heterocycles. The molecule has 0 saturated carbocycles. The van der Waals surface area contributed by atoms with Crippen LogP contribution in [-0.4, -0.2) is 136 Å². The normalized spacial score (nSPS) is 10.8. The number of thioether (sulfide) groups is 1. The molecule has 11 rings (SSSR count). The van der Waals surface area contributed by atoms with Gasteiger partial charge in [0.05, 0.1) is 69.8 Å². The molecule has 20 nitrogen and oxygen atoms in total. The van der Waals surface area contributed by atoms with Crippen molar-refractivity contribution in [3.63, 3.8) is 0 Å². The highest BCUT2D eigenvalue weighted by Crippen LogP contribution is 2.32. The van der Waals surface area contributed by atoms with Crippen LogP contribution >= 0.6 is 162 Å². The van der Waals surface area contributed by atoms with Crippen molar-refractivity contribution in [1.82, 2.24) is 56.1 Å². The van der Waals surface area contributed by atoms with E-state index in [2.05, 4.69) is 61.4 Å². The van der Waals surface area contributed by atoms with Crippen LogP contribution in [0.5, 0.6) is 0 Å². The minimum absolute atomic E-state index is 0.00184. The second-order valence-electron chi connectivity index (χ2n) is 22.2. The van der Waals surface area contributed by atoms with Crippen molar-refractivity contribution in [3.8, 4) is 31.7 Å². The molecule has 0 spiro atoms. The van der Waals surface area contributed by atoms with Crippen LogP contribution in [0.25, 0.3) is 31.7 Å². The number of ketones is 1. The summed E-state index contributed by atoms with van der Waals surface area (Å²) in [5, 5.41) is 29.2. The predicted molar refractivity (Wildman–Crippen MR) is 439 cm³/mol. The number of rotatable bonds is 29. The van der Waals surface area contributed by atoms with Crippen molar-refractivity contribution >= 4 is 197 Å². The van der Waals surface area contributed by atoms with Gasteiger partial charge >= 0.3 is 0 Å². The number of aromatic nitrogens is 6. The quantitative estimate of drug-likeness (QED) is 0.00484. The summed E-state index contributed by atoms with van der Waals surface area (Å²) in [5.41, 5.74) is 5.98. The minimum Gasteiger partial charge on any atom is -0.395 e. The van der Waals surface area contributed by atoms with Crippen LogP contribution in [0.3, 0.4) is 0 Å². The number of thiophene rings is 4. The van der Waals surface area contributed by atoms with Crippen LogP contribution in [0.1, 0.15) is 70.6 Å². The number of carbonyl (C=O) groups is 5. The van der Waals surface area contributed by atoms with Gasteiger partial charge in [-0.2, -0.15) is 4.33 Å². The van der Waals surface area contributed by atoms with Gasteiger partial charge in [0.15, 0.2) is 10.9 Å². The van der Waals surface area contributed by atoms with Crippen molar-refractivity contribution < 1.29 is 38.3 Å². The highest BCUT2D eigenvalue weighted by molar-refractivity contribution is 7.98. The fourth-order valence-electron chi connectivity index (χ4n) is 9.08. The summed E-state index contributed by atoms with van der Waals surface area (Å²) >= 11 is 55.8. The lowest BCUT2D eigenvalue weighted by molar-refractivity contribution is -0.160. The molecule has 7 aromatic heterocycles. The summed E-state index contributed by atoms with van der Waals surface area (Å²) in [5.74, 6) is -0.283. The number of nitrogens with zero attached hydrogens (tertiary/aromatic N) is 7. The van der Waals surface area contributed by atoms with Crippen LogP contribution < -0.4 is 26.6 Å². The van der Waals surface area contributed by atoms with E-state index in [1.165, 1.54) is 70.3 Å². The molecular weight excluding hydrogens is 1650 g/mol. The largest absolute Gasteiger partial charge is 0.395 e. The summed E-state index contributed by atoms with van der Waals surface area (Å²) in [6.07, 6.45) is 12.6. The Labute approximate surface area is 682 Å². The Morgan fingerprint density at radius 2 is 0.813 bits per heavy atom. The van der Waals surface area contributed by atoms with Gasteiger partial charge in [-0.1, -0.05) is 129 Å². The Morgan fingerprint density at radius 3 is 1.19 bits per heavy atom. The first kappa shape index (κ1) is 85.3. The van der Waals surface area contributed by atoms with Crippen molar-refractivity contribution in [2.24, 2.45) is 0 Å². The van der Waals surface area contributed by atoms with Crippen molar-refractivity contribution in [3.05, 3.63) is 257 Å². The lowest BCUT2D eigenvalue weighted by Crippen LogP contribution is -2.24. The molecule has 0 aliphatic rings. The van der Waals surface area contributed by atoms with Gasteiger partial charge in [-0.15, -0.1) is 45.3 Å². The SMILES string of the molecule is CN(C)C=CC(=O)c1ccc(C(=O)NCCc2ccc(Cl)cc2Cl)s1.COOSc1nccc(-c2ccc(C(=O)NCCc3ccc(Cl)cc3Cl)s2)n1.CSc1nccc(-c2ccc(C(=O)NCCc3ccc(Cl)cc3Cl)s2)n1.O=C(NCCc1ccc(Cl)cc1Cl)c1ccc(-c2ccnc(NCCO)n2)s1. The average molecular weight is 1720 g/mol. The molecule has 0 aliphatic carbocycles. The first-order valence-electron chi connectivity index (χ1n) is 32.0. The van der Waals surface area contributed by atoms with Gasteiger partial charge in [-0.3, -0.25) is 24.0 Å². The number of aliphatic hydroxyl groups is 1. The molecule has 0 aliphatic heterocycles. The maximum atomic E-state index is 12.4. The summed E-state index contributed by atoms with van der Waals surface area (Å²) in [6.45, 7) is 2.25. The van der Waals surface area contributed by atoms with Gasteiger partial charge < -0.3 is 36.6 Å². The molecule has 7 heterocycles. The van der Waals surface area contributed by atoms with Gasteiger partial charge in [0, 0.05) is 118 Å². The summed E-state index contributed by atoms with van der Waals surface area (Å²) < 4.78 is 4.76. The highest BCUT2D eigenvalue weighted by atomic mass is 35.5. The molecule has 0 radical (unpaired) electrons. The molecule has 11 aromatic rings. The second kappa shape index (κ2) is 44.4. The zero-order valence-electron chi connectivity index (χ0n) is 57.1. The van der Waals surface area contributed by atoms with E-state index in [0.717, 1.165) is 54.6 Å². The molecular formula is C73H66Cl8N12O8S6. The number of hydrogen-bond acceptors (Lipinski definition) is 22. The predicted octanol–water partition coefficient (Wildman–Crippen LogP) is 18.4. The van der Waals surface area contributed by atoms with Gasteiger partial charge in [-0.05, 0) is 169 Å². The van der Waals surface area contributed by atoms with Gasteiger partial charge in [0.25, 0.3) is 23.6 Å². The molecule has 4 amide bonds. The van der Waals surface area contributed by atoms with Crippen LogP contribution in [0, 0.1) is 0 Å². The van der Waals surface area contributed by atoms with Crippen molar-refractivity contribution in [2.75, 3.05) is 72.1 Å². The Kier molecular flexibility index (Phi) is 35.4. The van der Waals surface area contributed by atoms with E-state index in [4.69, 9.17) is 102 Å². The maximum absolute atomic E-state index is 12.4. The summed E-state index contributed by atoms with van der Waals surface area (Å²) in [6, 6.07) is 41.0. The van der Waals surface area contributed by atoms with E-state index < -0.39 is 0 Å². The topological polar surface area (TPSA) is 265 Å². The smallest absolute Gasteiger partial charge is 0.261 e. The lowest BCUT2D eigenvalue weighted by Gasteiger charge is -2.06. The van der Waals surface area contributed by atoms with E-state index in [1.54, 1.807) is 115 Å². The Morgan fingerprint density at radius 1 is 0.458 bits per heavy atom. The number of aliphatic hydroxyl groups excluding tert-OH is 1. The van der Waals surface area contributed by atoms with E-state index in [0.29, 0.717) is 151 Å². The number of anilines is 1. The zero-order chi connectivity index (χ0) is 76.8.